The van der Waals surface area contributed by atoms with Crippen LogP contribution in [0.25, 0.3) is 0 Å². The van der Waals surface area contributed by atoms with E-state index in [0.717, 1.165) is 28.6 Å². The molecule has 0 saturated carbocycles. The van der Waals surface area contributed by atoms with Gasteiger partial charge in [0.15, 0.2) is 0 Å². The molecular formula is C12H14N2O9S2. The molecule has 0 radical (unpaired) electrons. The Morgan fingerprint density at radius 2 is 1.84 bits per heavy atom. The Balaban J connectivity index is 1.88. The van der Waals surface area contributed by atoms with E-state index in [1.807, 2.05) is 0 Å². The zero-order valence-electron chi connectivity index (χ0n) is 12.8. The number of fused-ring (bicyclic) bond motifs is 1. The fourth-order valence-electron chi connectivity index (χ4n) is 2.66. The Hall–Kier alpha value is -1.64. The van der Waals surface area contributed by atoms with Gasteiger partial charge in [0.25, 0.3) is 5.69 Å². The fraction of sp³-hybridized carbons (Fsp3) is 0.500. The first-order valence-electron chi connectivity index (χ1n) is 7.03. The van der Waals surface area contributed by atoms with E-state index in [1.165, 1.54) is 7.05 Å². The van der Waals surface area contributed by atoms with E-state index in [-0.39, 0.29) is 23.8 Å². The zero-order valence-corrected chi connectivity index (χ0v) is 14.5. The smallest absolute Gasteiger partial charge is 0.377 e. The van der Waals surface area contributed by atoms with Crippen LogP contribution in [0.5, 0.6) is 0 Å². The van der Waals surface area contributed by atoms with Gasteiger partial charge in [-0.15, -0.1) is 0 Å². The molecule has 0 N–H and O–H groups in total. The van der Waals surface area contributed by atoms with Gasteiger partial charge in [-0.05, 0) is 12.1 Å². The number of nitro groups is 1. The summed E-state index contributed by atoms with van der Waals surface area (Å²) in [5.41, 5.74) is -0.249. The van der Waals surface area contributed by atoms with Crippen LogP contribution in [0, 0.1) is 10.1 Å². The maximum absolute atomic E-state index is 12.7. The second-order valence-electron chi connectivity index (χ2n) is 5.48. The van der Waals surface area contributed by atoms with Gasteiger partial charge in [-0.25, -0.2) is 16.8 Å². The van der Waals surface area contributed by atoms with Crippen LogP contribution in [0.4, 0.5) is 5.69 Å². The second-order valence-corrected chi connectivity index (χ2v) is 8.68. The van der Waals surface area contributed by atoms with Gasteiger partial charge in [0.2, 0.25) is 10.0 Å². The summed E-state index contributed by atoms with van der Waals surface area (Å²) in [7, 11) is -7.00. The number of non-ortho nitro benzene ring substituents is 1. The molecule has 0 spiro atoms. The molecule has 0 aliphatic carbocycles. The molecule has 2 fully saturated rings. The summed E-state index contributed by atoms with van der Waals surface area (Å²) < 4.78 is 64.1. The van der Waals surface area contributed by atoms with Crippen molar-refractivity contribution in [3.63, 3.8) is 0 Å². The van der Waals surface area contributed by atoms with Gasteiger partial charge in [-0.3, -0.25) is 10.1 Å². The number of benzene rings is 1. The number of hydrogen-bond donors (Lipinski definition) is 0. The molecule has 2 aliphatic heterocycles. The Morgan fingerprint density at radius 3 is 2.44 bits per heavy atom. The molecule has 0 amide bonds. The van der Waals surface area contributed by atoms with Crippen molar-refractivity contribution in [3.8, 4) is 0 Å². The molecule has 25 heavy (non-hydrogen) atoms. The van der Waals surface area contributed by atoms with E-state index in [9.17, 15) is 26.9 Å². The lowest BCUT2D eigenvalue weighted by molar-refractivity contribution is -0.384. The molecular weight excluding hydrogens is 380 g/mol. The number of likely N-dealkylation sites (N-methyl/N-ethyl adjacent to an activating group) is 1. The summed E-state index contributed by atoms with van der Waals surface area (Å²) in [6.45, 7) is -0.116. The number of hydrogen-bond acceptors (Lipinski definition) is 9. The molecule has 1 aromatic rings. The third-order valence-corrected chi connectivity index (χ3v) is 6.82. The zero-order chi connectivity index (χ0) is 18.4. The van der Waals surface area contributed by atoms with Crippen molar-refractivity contribution >= 4 is 26.1 Å². The molecule has 0 unspecified atom stereocenters. The highest BCUT2D eigenvalue weighted by molar-refractivity contribution is 7.89. The Bertz CT molecular complexity index is 882. The van der Waals surface area contributed by atoms with E-state index < -0.39 is 43.6 Å². The molecule has 3 rings (SSSR count). The topological polar surface area (TPSA) is 142 Å². The standard InChI is InChI=1S/C12H14N2O9S2/c1-13(10-6-21-7-11-12(10)23-25(19,20)22-11)24(17,18)9-4-2-8(3-5-9)14(15)16/h2-5,10-12H,6-7H2,1H3/t10-,11-,12+/m0/s1. The van der Waals surface area contributed by atoms with Crippen LogP contribution in [0.1, 0.15) is 0 Å². The average molecular weight is 394 g/mol. The van der Waals surface area contributed by atoms with Gasteiger partial charge in [0.1, 0.15) is 12.2 Å². The number of rotatable bonds is 4. The highest BCUT2D eigenvalue weighted by Crippen LogP contribution is 2.31. The summed E-state index contributed by atoms with van der Waals surface area (Å²) in [6.07, 6.45) is -1.96. The van der Waals surface area contributed by atoms with Crippen LogP contribution in [-0.4, -0.2) is 64.6 Å². The minimum atomic E-state index is -4.20. The Kier molecular flexibility index (Phi) is 4.55. The van der Waals surface area contributed by atoms with E-state index in [0.29, 0.717) is 0 Å². The molecule has 1 aromatic carbocycles. The SMILES string of the molecule is CN([C@H]1COC[C@@H]2OS(=O)(=O)O[C@@H]21)S(=O)(=O)c1ccc([N+](=O)[O-])cc1. The van der Waals surface area contributed by atoms with Crippen LogP contribution in [-0.2, 0) is 33.5 Å². The van der Waals surface area contributed by atoms with Gasteiger partial charge in [-0.2, -0.15) is 12.7 Å². The van der Waals surface area contributed by atoms with Crippen molar-refractivity contribution in [2.45, 2.75) is 23.1 Å². The highest BCUT2D eigenvalue weighted by Gasteiger charge is 2.50. The van der Waals surface area contributed by atoms with Gasteiger partial charge in [0, 0.05) is 19.2 Å². The first kappa shape index (κ1) is 18.2. The van der Waals surface area contributed by atoms with E-state index >= 15 is 0 Å². The monoisotopic (exact) mass is 394 g/mol. The summed E-state index contributed by atoms with van der Waals surface area (Å²) in [5.74, 6) is 0. The largest absolute Gasteiger partial charge is 0.400 e. The molecule has 11 nitrogen and oxygen atoms in total. The van der Waals surface area contributed by atoms with Crippen molar-refractivity contribution in [2.24, 2.45) is 0 Å². The third-order valence-electron chi connectivity index (χ3n) is 3.98. The van der Waals surface area contributed by atoms with Crippen LogP contribution in [0.15, 0.2) is 29.2 Å². The molecule has 138 valence electrons. The lowest BCUT2D eigenvalue weighted by Crippen LogP contribution is -2.55. The van der Waals surface area contributed by atoms with Crippen molar-refractivity contribution in [3.05, 3.63) is 34.4 Å². The molecule has 0 aromatic heterocycles. The maximum Gasteiger partial charge on any atom is 0.400 e. The average Bonchev–Trinajstić information content (AvgIpc) is 2.87. The number of nitrogens with zero attached hydrogens (tertiary/aromatic N) is 2. The van der Waals surface area contributed by atoms with Crippen molar-refractivity contribution in [2.75, 3.05) is 20.3 Å². The molecule has 13 heteroatoms. The number of nitro benzene ring substituents is 1. The normalized spacial score (nSPS) is 28.6. The van der Waals surface area contributed by atoms with Gasteiger partial charge in [0.05, 0.1) is 29.1 Å². The van der Waals surface area contributed by atoms with E-state index in [1.54, 1.807) is 0 Å². The third kappa shape index (κ3) is 3.38. The molecule has 3 atom stereocenters. The predicted octanol–water partition coefficient (Wildman–Crippen LogP) is -0.357. The first-order valence-corrected chi connectivity index (χ1v) is 9.81. The lowest BCUT2D eigenvalue weighted by atomic mass is 10.0. The van der Waals surface area contributed by atoms with Crippen molar-refractivity contribution in [1.82, 2.24) is 4.31 Å². The highest BCUT2D eigenvalue weighted by atomic mass is 32.3. The minimum Gasteiger partial charge on any atom is -0.377 e. The Morgan fingerprint density at radius 1 is 1.20 bits per heavy atom. The first-order chi connectivity index (χ1) is 11.6. The number of sulfonamides is 1. The van der Waals surface area contributed by atoms with Gasteiger partial charge >= 0.3 is 10.4 Å². The van der Waals surface area contributed by atoms with Crippen LogP contribution >= 0.6 is 0 Å². The number of ether oxygens (including phenoxy) is 1. The summed E-state index contributed by atoms with van der Waals surface area (Å²) in [5, 5.41) is 10.7. The van der Waals surface area contributed by atoms with Gasteiger partial charge in [-0.1, -0.05) is 0 Å². The summed E-state index contributed by atoms with van der Waals surface area (Å²) >= 11 is 0. The summed E-state index contributed by atoms with van der Waals surface area (Å²) in [6, 6.07) is 3.42. The van der Waals surface area contributed by atoms with E-state index in [2.05, 4.69) is 0 Å². The van der Waals surface area contributed by atoms with Crippen molar-refractivity contribution in [1.29, 1.82) is 0 Å². The molecule has 2 aliphatic rings. The fourth-order valence-corrected chi connectivity index (χ4v) is 5.04. The van der Waals surface area contributed by atoms with E-state index in [4.69, 9.17) is 13.1 Å². The quantitative estimate of drug-likeness (QED) is 0.494. The predicted molar refractivity (Wildman–Crippen MR) is 81.3 cm³/mol. The van der Waals surface area contributed by atoms with Crippen LogP contribution < -0.4 is 0 Å². The molecule has 2 heterocycles. The van der Waals surface area contributed by atoms with Crippen molar-refractivity contribution < 1.29 is 34.9 Å². The van der Waals surface area contributed by atoms with Crippen LogP contribution in [0.2, 0.25) is 0 Å². The van der Waals surface area contributed by atoms with Crippen LogP contribution in [0.3, 0.4) is 0 Å². The maximum atomic E-state index is 12.7. The second kappa shape index (κ2) is 6.26. The molecule has 0 bridgehead atoms. The lowest BCUT2D eigenvalue weighted by Gasteiger charge is -2.35. The minimum absolute atomic E-state index is 0.0359. The summed E-state index contributed by atoms with van der Waals surface area (Å²) in [4.78, 5) is 9.85. The van der Waals surface area contributed by atoms with Gasteiger partial charge < -0.3 is 4.74 Å². The molecule has 2 saturated heterocycles. The Labute approximate surface area is 143 Å².